The minimum atomic E-state index is -4.11. The summed E-state index contributed by atoms with van der Waals surface area (Å²) in [6.07, 6.45) is -2.76. The third kappa shape index (κ3) is 4.12. The number of rotatable bonds is 5. The zero-order valence-electron chi connectivity index (χ0n) is 9.80. The van der Waals surface area contributed by atoms with Crippen molar-refractivity contribution in [1.29, 1.82) is 0 Å². The monoisotopic (exact) mass is 255 g/mol. The van der Waals surface area contributed by atoms with Crippen LogP contribution < -0.4 is 5.73 Å². The van der Waals surface area contributed by atoms with Gasteiger partial charge in [-0.3, -0.25) is 0 Å². The molecule has 3 N–H and O–H groups in total. The number of hydrogen-bond acceptors (Lipinski definition) is 3. The van der Waals surface area contributed by atoms with E-state index in [0.717, 1.165) is 0 Å². The van der Waals surface area contributed by atoms with E-state index in [1.54, 1.807) is 0 Å². The minimum Gasteiger partial charge on any atom is -0.396 e. The second kappa shape index (κ2) is 6.02. The van der Waals surface area contributed by atoms with E-state index in [1.165, 1.54) is 0 Å². The normalized spacial score (nSPS) is 30.5. The van der Waals surface area contributed by atoms with Crippen molar-refractivity contribution in [2.24, 2.45) is 11.7 Å². The van der Waals surface area contributed by atoms with E-state index >= 15 is 0 Å². The Labute approximate surface area is 99.1 Å². The lowest BCUT2D eigenvalue weighted by Crippen LogP contribution is -2.46. The highest BCUT2D eigenvalue weighted by Crippen LogP contribution is 2.42. The van der Waals surface area contributed by atoms with E-state index in [2.05, 4.69) is 0 Å². The zero-order chi connectivity index (χ0) is 12.9. The summed E-state index contributed by atoms with van der Waals surface area (Å²) >= 11 is 0. The highest BCUT2D eigenvalue weighted by atomic mass is 19.4. The molecule has 1 fully saturated rings. The number of hydrogen-bond donors (Lipinski definition) is 2. The molecule has 0 aromatic heterocycles. The molecular weight excluding hydrogens is 235 g/mol. The topological polar surface area (TPSA) is 55.5 Å². The highest BCUT2D eigenvalue weighted by molar-refractivity contribution is 4.90. The summed E-state index contributed by atoms with van der Waals surface area (Å²) in [6.45, 7) is 0.610. The molecule has 3 nitrogen and oxygen atoms in total. The molecule has 102 valence electrons. The first-order chi connectivity index (χ1) is 7.93. The van der Waals surface area contributed by atoms with Crippen LogP contribution in [0.1, 0.15) is 32.1 Å². The molecule has 0 radical (unpaired) electrons. The maximum Gasteiger partial charge on any atom is 0.391 e. The molecule has 1 aliphatic carbocycles. The van der Waals surface area contributed by atoms with Crippen LogP contribution in [0.25, 0.3) is 0 Å². The second-order valence-electron chi connectivity index (χ2n) is 4.63. The van der Waals surface area contributed by atoms with Crippen molar-refractivity contribution in [3.63, 3.8) is 0 Å². The van der Waals surface area contributed by atoms with Crippen LogP contribution in [0.15, 0.2) is 0 Å². The molecule has 0 unspecified atom stereocenters. The Balaban J connectivity index is 2.45. The lowest BCUT2D eigenvalue weighted by molar-refractivity contribution is -0.196. The van der Waals surface area contributed by atoms with E-state index in [9.17, 15) is 13.2 Å². The molecule has 1 aliphatic rings. The van der Waals surface area contributed by atoms with Crippen molar-refractivity contribution < 1.29 is 23.0 Å². The van der Waals surface area contributed by atoms with Gasteiger partial charge in [-0.25, -0.2) is 0 Å². The quantitative estimate of drug-likeness (QED) is 0.737. The third-order valence-electron chi connectivity index (χ3n) is 3.44. The number of halogens is 3. The number of aliphatic hydroxyl groups excluding tert-OH is 1. The fourth-order valence-electron chi connectivity index (χ4n) is 2.23. The summed E-state index contributed by atoms with van der Waals surface area (Å²) in [7, 11) is 0. The van der Waals surface area contributed by atoms with Crippen molar-refractivity contribution in [3.05, 3.63) is 0 Å². The molecule has 6 heteroatoms. The summed E-state index contributed by atoms with van der Waals surface area (Å²) in [6, 6.07) is 0. The molecule has 0 aliphatic heterocycles. The number of alkyl halides is 3. The first kappa shape index (κ1) is 14.7. The van der Waals surface area contributed by atoms with Crippen LogP contribution in [-0.2, 0) is 4.74 Å². The first-order valence-corrected chi connectivity index (χ1v) is 5.95. The lowest BCUT2D eigenvalue weighted by Gasteiger charge is -2.39. The van der Waals surface area contributed by atoms with Gasteiger partial charge in [-0.2, -0.15) is 13.2 Å². The van der Waals surface area contributed by atoms with Gasteiger partial charge in [-0.1, -0.05) is 0 Å². The average Bonchev–Trinajstić information content (AvgIpc) is 2.29. The van der Waals surface area contributed by atoms with Gasteiger partial charge in [0.15, 0.2) is 0 Å². The molecule has 0 aromatic rings. The SMILES string of the molecule is NCC1(OCCCO)CCC(C(F)(F)F)CC1. The van der Waals surface area contributed by atoms with Gasteiger partial charge < -0.3 is 15.6 Å². The van der Waals surface area contributed by atoms with Gasteiger partial charge in [0.2, 0.25) is 0 Å². The molecule has 0 atom stereocenters. The summed E-state index contributed by atoms with van der Waals surface area (Å²) in [5.41, 5.74) is 4.99. The fraction of sp³-hybridized carbons (Fsp3) is 1.00. The van der Waals surface area contributed by atoms with Crippen LogP contribution in [0.3, 0.4) is 0 Å². The first-order valence-electron chi connectivity index (χ1n) is 5.95. The van der Waals surface area contributed by atoms with Gasteiger partial charge in [-0.15, -0.1) is 0 Å². The van der Waals surface area contributed by atoms with E-state index in [4.69, 9.17) is 15.6 Å². The van der Waals surface area contributed by atoms with E-state index in [0.29, 0.717) is 25.9 Å². The van der Waals surface area contributed by atoms with Gasteiger partial charge in [0.05, 0.1) is 11.5 Å². The Morgan fingerprint density at radius 1 is 1.29 bits per heavy atom. The Hall–Kier alpha value is -0.330. The summed E-state index contributed by atoms with van der Waals surface area (Å²) in [5, 5.41) is 8.64. The van der Waals surface area contributed by atoms with E-state index in [1.807, 2.05) is 0 Å². The van der Waals surface area contributed by atoms with Gasteiger partial charge in [-0.05, 0) is 32.1 Å². The van der Waals surface area contributed by atoms with E-state index < -0.39 is 17.7 Å². The molecule has 0 aromatic carbocycles. The Morgan fingerprint density at radius 2 is 1.88 bits per heavy atom. The largest absolute Gasteiger partial charge is 0.396 e. The Kier molecular flexibility index (Phi) is 5.22. The van der Waals surface area contributed by atoms with Crippen molar-refractivity contribution in [2.75, 3.05) is 19.8 Å². The van der Waals surface area contributed by atoms with Crippen LogP contribution in [-0.4, -0.2) is 36.6 Å². The third-order valence-corrected chi connectivity index (χ3v) is 3.44. The van der Waals surface area contributed by atoms with Gasteiger partial charge in [0.1, 0.15) is 0 Å². The molecule has 0 heterocycles. The van der Waals surface area contributed by atoms with Crippen LogP contribution in [0.2, 0.25) is 0 Å². The molecule has 0 spiro atoms. The van der Waals surface area contributed by atoms with Crippen LogP contribution in [0.4, 0.5) is 13.2 Å². The predicted molar refractivity (Wildman–Crippen MR) is 57.5 cm³/mol. The van der Waals surface area contributed by atoms with Crippen LogP contribution in [0.5, 0.6) is 0 Å². The molecular formula is C11H20F3NO2. The van der Waals surface area contributed by atoms with Crippen molar-refractivity contribution in [2.45, 2.75) is 43.9 Å². The number of ether oxygens (including phenoxy) is 1. The minimum absolute atomic E-state index is 0.0197. The molecule has 0 saturated heterocycles. The zero-order valence-corrected chi connectivity index (χ0v) is 9.80. The smallest absolute Gasteiger partial charge is 0.391 e. The van der Waals surface area contributed by atoms with Gasteiger partial charge in [0, 0.05) is 19.8 Å². The van der Waals surface area contributed by atoms with E-state index in [-0.39, 0.29) is 26.0 Å². The maximum absolute atomic E-state index is 12.5. The molecule has 0 amide bonds. The molecule has 0 bridgehead atoms. The second-order valence-corrected chi connectivity index (χ2v) is 4.63. The summed E-state index contributed by atoms with van der Waals surface area (Å²) in [4.78, 5) is 0. The van der Waals surface area contributed by atoms with Crippen LogP contribution in [0, 0.1) is 5.92 Å². The number of aliphatic hydroxyl groups is 1. The van der Waals surface area contributed by atoms with Crippen LogP contribution >= 0.6 is 0 Å². The van der Waals surface area contributed by atoms with Gasteiger partial charge in [0.25, 0.3) is 0 Å². The molecule has 1 saturated carbocycles. The average molecular weight is 255 g/mol. The van der Waals surface area contributed by atoms with Gasteiger partial charge >= 0.3 is 6.18 Å². The Morgan fingerprint density at radius 3 is 2.29 bits per heavy atom. The van der Waals surface area contributed by atoms with Crippen molar-refractivity contribution in [1.82, 2.24) is 0 Å². The Bertz CT molecular complexity index is 225. The summed E-state index contributed by atoms with van der Waals surface area (Å²) in [5.74, 6) is -1.22. The van der Waals surface area contributed by atoms with Crippen molar-refractivity contribution >= 4 is 0 Å². The lowest BCUT2D eigenvalue weighted by atomic mass is 9.78. The predicted octanol–water partition coefficient (Wildman–Crippen LogP) is 1.84. The summed E-state index contributed by atoms with van der Waals surface area (Å²) < 4.78 is 43.1. The fourth-order valence-corrected chi connectivity index (χ4v) is 2.23. The molecule has 1 rings (SSSR count). The molecule has 17 heavy (non-hydrogen) atoms. The van der Waals surface area contributed by atoms with Crippen molar-refractivity contribution in [3.8, 4) is 0 Å². The number of nitrogens with two attached hydrogens (primary N) is 1. The standard InChI is InChI=1S/C11H20F3NO2/c12-11(13,14)9-2-4-10(8-15,5-3-9)17-7-1-6-16/h9,16H,1-8,15H2. The highest BCUT2D eigenvalue weighted by Gasteiger charge is 2.45. The maximum atomic E-state index is 12.5.